The first kappa shape index (κ1) is 19.3. The summed E-state index contributed by atoms with van der Waals surface area (Å²) in [7, 11) is 0. The molecule has 5 atom stereocenters. The zero-order valence-electron chi connectivity index (χ0n) is 16.8. The van der Waals surface area contributed by atoms with Crippen molar-refractivity contribution in [1.29, 1.82) is 0 Å². The Morgan fingerprint density at radius 3 is 2.33 bits per heavy atom. The summed E-state index contributed by atoms with van der Waals surface area (Å²) in [5, 5.41) is 0. The minimum atomic E-state index is -0.705. The van der Waals surface area contributed by atoms with Gasteiger partial charge < -0.3 is 28.4 Å². The van der Waals surface area contributed by atoms with Crippen molar-refractivity contribution in [2.24, 2.45) is 0 Å². The Labute approximate surface area is 161 Å². The van der Waals surface area contributed by atoms with Crippen molar-refractivity contribution in [3.05, 3.63) is 35.9 Å². The van der Waals surface area contributed by atoms with Gasteiger partial charge in [0.15, 0.2) is 17.9 Å². The highest BCUT2D eigenvalue weighted by Crippen LogP contribution is 2.49. The predicted octanol–water partition coefficient (Wildman–Crippen LogP) is 3.38. The van der Waals surface area contributed by atoms with Gasteiger partial charge in [-0.15, -0.1) is 0 Å². The van der Waals surface area contributed by atoms with E-state index in [2.05, 4.69) is 19.1 Å². The third kappa shape index (κ3) is 3.55. The molecular formula is C21H30O6. The van der Waals surface area contributed by atoms with Gasteiger partial charge in [-0.1, -0.05) is 37.3 Å². The van der Waals surface area contributed by atoms with Crippen molar-refractivity contribution < 1.29 is 28.4 Å². The van der Waals surface area contributed by atoms with Gasteiger partial charge in [-0.2, -0.15) is 0 Å². The van der Waals surface area contributed by atoms with Crippen LogP contribution in [0.4, 0.5) is 0 Å². The summed E-state index contributed by atoms with van der Waals surface area (Å²) in [5.41, 5.74) is 0.428. The fourth-order valence-electron chi connectivity index (χ4n) is 4.31. The van der Waals surface area contributed by atoms with Gasteiger partial charge in [0, 0.05) is 0 Å². The zero-order chi connectivity index (χ0) is 19.3. The molecule has 3 saturated heterocycles. The Hall–Kier alpha value is -1.02. The minimum Gasteiger partial charge on any atom is -0.365 e. The second kappa shape index (κ2) is 6.79. The van der Waals surface area contributed by atoms with Gasteiger partial charge in [0.2, 0.25) is 0 Å². The lowest BCUT2D eigenvalue weighted by Crippen LogP contribution is -2.55. The van der Waals surface area contributed by atoms with Gasteiger partial charge in [-0.05, 0) is 39.7 Å². The van der Waals surface area contributed by atoms with Gasteiger partial charge in [-0.3, -0.25) is 0 Å². The summed E-state index contributed by atoms with van der Waals surface area (Å²) < 4.78 is 37.0. The molecule has 0 amide bonds. The monoisotopic (exact) mass is 378 g/mol. The molecule has 3 fully saturated rings. The highest BCUT2D eigenvalue weighted by atomic mass is 16.9. The first-order valence-electron chi connectivity index (χ1n) is 9.75. The molecular weight excluding hydrogens is 348 g/mol. The molecule has 3 aliphatic rings. The molecule has 27 heavy (non-hydrogen) atoms. The maximum absolute atomic E-state index is 6.56. The Morgan fingerprint density at radius 2 is 1.70 bits per heavy atom. The number of fused-ring (bicyclic) bond motifs is 1. The lowest BCUT2D eigenvalue weighted by molar-refractivity contribution is -0.258. The maximum Gasteiger partial charge on any atom is 0.190 e. The minimum absolute atomic E-state index is 0.239. The molecule has 0 bridgehead atoms. The van der Waals surface area contributed by atoms with Gasteiger partial charge in [-0.25, -0.2) is 0 Å². The summed E-state index contributed by atoms with van der Waals surface area (Å²) in [6, 6.07) is 10.1. The van der Waals surface area contributed by atoms with Crippen LogP contribution in [0.1, 0.15) is 46.6 Å². The van der Waals surface area contributed by atoms with E-state index in [0.717, 1.165) is 5.56 Å². The summed E-state index contributed by atoms with van der Waals surface area (Å²) in [6.45, 7) is 10.7. The van der Waals surface area contributed by atoms with E-state index < -0.39 is 23.5 Å². The smallest absolute Gasteiger partial charge is 0.190 e. The molecule has 1 aromatic carbocycles. The Balaban J connectivity index is 1.61. The number of hydrogen-bond donors (Lipinski definition) is 0. The van der Waals surface area contributed by atoms with Crippen LogP contribution >= 0.6 is 0 Å². The highest BCUT2D eigenvalue weighted by Gasteiger charge is 2.66. The van der Waals surface area contributed by atoms with Crippen molar-refractivity contribution in [2.45, 2.75) is 89.4 Å². The van der Waals surface area contributed by atoms with Crippen LogP contribution in [-0.2, 0) is 35.0 Å². The van der Waals surface area contributed by atoms with Crippen LogP contribution < -0.4 is 0 Å². The SMILES string of the molecule is CC[C@@]1(OCc2ccccc2)[C@@H]([C@H]2COC(C)(C)O2)O[C@@H]2OC(C)(C)O[C@@H]21. The van der Waals surface area contributed by atoms with Crippen LogP contribution in [0.2, 0.25) is 0 Å². The quantitative estimate of drug-likeness (QED) is 0.783. The van der Waals surface area contributed by atoms with Crippen molar-refractivity contribution >= 4 is 0 Å². The molecule has 4 rings (SSSR count). The molecule has 150 valence electrons. The first-order valence-corrected chi connectivity index (χ1v) is 9.75. The van der Waals surface area contributed by atoms with E-state index in [0.29, 0.717) is 19.6 Å². The molecule has 0 aromatic heterocycles. The zero-order valence-corrected chi connectivity index (χ0v) is 16.8. The third-order valence-electron chi connectivity index (χ3n) is 5.57. The fourth-order valence-corrected chi connectivity index (χ4v) is 4.31. The molecule has 0 unspecified atom stereocenters. The molecule has 6 heteroatoms. The Kier molecular flexibility index (Phi) is 4.86. The van der Waals surface area contributed by atoms with Crippen molar-refractivity contribution in [3.8, 4) is 0 Å². The Bertz CT molecular complexity index is 660. The van der Waals surface area contributed by atoms with Gasteiger partial charge in [0.05, 0.1) is 13.2 Å². The average Bonchev–Trinajstić information content (AvgIpc) is 3.22. The van der Waals surface area contributed by atoms with Crippen LogP contribution in [0.15, 0.2) is 30.3 Å². The number of hydrogen-bond acceptors (Lipinski definition) is 6. The lowest BCUT2D eigenvalue weighted by atomic mass is 9.86. The molecule has 1 aromatic rings. The standard InChI is InChI=1S/C21H30O6/c1-6-21(23-12-14-10-8-7-9-11-14)16(15-13-22-19(2,3)25-15)24-18-17(21)26-20(4,5)27-18/h7-11,15-18H,6,12-13H2,1-5H3/t15-,16-,17+,18-,21-/m1/s1. The van der Waals surface area contributed by atoms with E-state index in [1.54, 1.807) is 0 Å². The number of ether oxygens (including phenoxy) is 6. The topological polar surface area (TPSA) is 55.4 Å². The van der Waals surface area contributed by atoms with Crippen LogP contribution in [0.25, 0.3) is 0 Å². The first-order chi connectivity index (χ1) is 12.7. The Morgan fingerprint density at radius 1 is 0.963 bits per heavy atom. The molecule has 0 aliphatic carbocycles. The second-order valence-electron chi connectivity index (χ2n) is 8.43. The van der Waals surface area contributed by atoms with E-state index in [1.165, 1.54) is 0 Å². The van der Waals surface area contributed by atoms with Crippen molar-refractivity contribution in [1.82, 2.24) is 0 Å². The van der Waals surface area contributed by atoms with Gasteiger partial charge in [0.1, 0.15) is 23.9 Å². The van der Waals surface area contributed by atoms with E-state index in [1.807, 2.05) is 45.9 Å². The fraction of sp³-hybridized carbons (Fsp3) is 0.714. The van der Waals surface area contributed by atoms with E-state index >= 15 is 0 Å². The van der Waals surface area contributed by atoms with E-state index in [-0.39, 0.29) is 18.3 Å². The molecule has 0 N–H and O–H groups in total. The average molecular weight is 378 g/mol. The normalized spacial score (nSPS) is 39.6. The summed E-state index contributed by atoms with van der Waals surface area (Å²) >= 11 is 0. The van der Waals surface area contributed by atoms with Crippen LogP contribution in [0.5, 0.6) is 0 Å². The molecule has 6 nitrogen and oxygen atoms in total. The second-order valence-corrected chi connectivity index (χ2v) is 8.43. The van der Waals surface area contributed by atoms with Crippen molar-refractivity contribution in [3.63, 3.8) is 0 Å². The number of rotatable bonds is 5. The van der Waals surface area contributed by atoms with Gasteiger partial charge >= 0.3 is 0 Å². The van der Waals surface area contributed by atoms with Crippen molar-refractivity contribution in [2.75, 3.05) is 6.61 Å². The highest BCUT2D eigenvalue weighted by molar-refractivity contribution is 5.15. The lowest BCUT2D eigenvalue weighted by Gasteiger charge is -2.39. The van der Waals surface area contributed by atoms with Crippen LogP contribution in [0.3, 0.4) is 0 Å². The largest absolute Gasteiger partial charge is 0.365 e. The van der Waals surface area contributed by atoms with E-state index in [9.17, 15) is 0 Å². The maximum atomic E-state index is 6.56. The molecule has 0 saturated carbocycles. The molecule has 0 spiro atoms. The van der Waals surface area contributed by atoms with Crippen LogP contribution in [-0.4, -0.2) is 48.4 Å². The third-order valence-corrected chi connectivity index (χ3v) is 5.57. The number of benzene rings is 1. The summed E-state index contributed by atoms with van der Waals surface area (Å²) in [5.74, 6) is -1.34. The molecule has 0 radical (unpaired) electrons. The van der Waals surface area contributed by atoms with Gasteiger partial charge in [0.25, 0.3) is 0 Å². The predicted molar refractivity (Wildman–Crippen MR) is 97.9 cm³/mol. The van der Waals surface area contributed by atoms with Crippen LogP contribution in [0, 0.1) is 0 Å². The summed E-state index contributed by atoms with van der Waals surface area (Å²) in [4.78, 5) is 0. The summed E-state index contributed by atoms with van der Waals surface area (Å²) in [6.07, 6.45) is -0.659. The molecule has 3 aliphatic heterocycles. The molecule has 3 heterocycles. The van der Waals surface area contributed by atoms with E-state index in [4.69, 9.17) is 28.4 Å².